The molecule has 0 radical (unpaired) electrons. The standard InChI is InChI=1S/C16H26N2O/c1-3-9-17-12-15-5-7-16(8-6-15)18-10-4-11-19-14(2)13-18/h5-8,14,17H,3-4,9-13H2,1-2H3. The van der Waals surface area contributed by atoms with Crippen LogP contribution < -0.4 is 10.2 Å². The minimum atomic E-state index is 0.327. The lowest BCUT2D eigenvalue weighted by Gasteiger charge is -2.24. The molecule has 1 atom stereocenters. The minimum absolute atomic E-state index is 0.327. The van der Waals surface area contributed by atoms with Crippen molar-refractivity contribution >= 4 is 5.69 Å². The number of rotatable bonds is 5. The van der Waals surface area contributed by atoms with Gasteiger partial charge in [0.05, 0.1) is 6.10 Å². The van der Waals surface area contributed by atoms with E-state index < -0.39 is 0 Å². The highest BCUT2D eigenvalue weighted by molar-refractivity contribution is 5.47. The molecule has 3 nitrogen and oxygen atoms in total. The third kappa shape index (κ3) is 4.51. The molecule has 1 aliphatic heterocycles. The largest absolute Gasteiger partial charge is 0.377 e. The maximum atomic E-state index is 5.69. The summed E-state index contributed by atoms with van der Waals surface area (Å²) in [6.07, 6.45) is 2.63. The lowest BCUT2D eigenvalue weighted by molar-refractivity contribution is 0.0821. The fourth-order valence-corrected chi connectivity index (χ4v) is 2.46. The molecule has 2 rings (SSSR count). The molecule has 0 bridgehead atoms. The number of ether oxygens (including phenoxy) is 1. The molecule has 0 saturated carbocycles. The molecule has 1 aromatic carbocycles. The first-order valence-electron chi connectivity index (χ1n) is 7.46. The van der Waals surface area contributed by atoms with Crippen molar-refractivity contribution in [2.24, 2.45) is 0 Å². The van der Waals surface area contributed by atoms with E-state index >= 15 is 0 Å². The number of hydrogen-bond acceptors (Lipinski definition) is 3. The van der Waals surface area contributed by atoms with Crippen LogP contribution in [0.3, 0.4) is 0 Å². The number of nitrogens with zero attached hydrogens (tertiary/aromatic N) is 1. The summed E-state index contributed by atoms with van der Waals surface area (Å²) in [5.41, 5.74) is 2.67. The molecule has 19 heavy (non-hydrogen) atoms. The Hall–Kier alpha value is -1.06. The van der Waals surface area contributed by atoms with Gasteiger partial charge in [-0.2, -0.15) is 0 Å². The van der Waals surface area contributed by atoms with Gasteiger partial charge in [-0.1, -0.05) is 19.1 Å². The van der Waals surface area contributed by atoms with Gasteiger partial charge in [0.15, 0.2) is 0 Å². The van der Waals surface area contributed by atoms with E-state index in [0.717, 1.165) is 39.2 Å². The quantitative estimate of drug-likeness (QED) is 0.826. The summed E-state index contributed by atoms with van der Waals surface area (Å²) in [6, 6.07) is 8.94. The Morgan fingerprint density at radius 1 is 1.32 bits per heavy atom. The van der Waals surface area contributed by atoms with Crippen LogP contribution in [0.25, 0.3) is 0 Å². The molecule has 106 valence electrons. The van der Waals surface area contributed by atoms with E-state index in [1.54, 1.807) is 0 Å². The lowest BCUT2D eigenvalue weighted by atomic mass is 10.2. The Kier molecular flexibility index (Phi) is 5.67. The van der Waals surface area contributed by atoms with E-state index in [-0.39, 0.29) is 0 Å². The highest BCUT2D eigenvalue weighted by Gasteiger charge is 2.15. The Bertz CT molecular complexity index is 364. The third-order valence-corrected chi connectivity index (χ3v) is 3.51. The van der Waals surface area contributed by atoms with Gasteiger partial charge >= 0.3 is 0 Å². The van der Waals surface area contributed by atoms with Gasteiger partial charge in [0.2, 0.25) is 0 Å². The number of nitrogens with one attached hydrogen (secondary N) is 1. The molecular formula is C16H26N2O. The molecule has 1 heterocycles. The van der Waals surface area contributed by atoms with Gasteiger partial charge in [0.1, 0.15) is 0 Å². The zero-order chi connectivity index (χ0) is 13.5. The molecule has 1 fully saturated rings. The monoisotopic (exact) mass is 262 g/mol. The summed E-state index contributed by atoms with van der Waals surface area (Å²) in [5.74, 6) is 0. The third-order valence-electron chi connectivity index (χ3n) is 3.51. The summed E-state index contributed by atoms with van der Waals surface area (Å²) in [6.45, 7) is 9.37. The van der Waals surface area contributed by atoms with Gasteiger partial charge in [-0.3, -0.25) is 0 Å². The van der Waals surface area contributed by atoms with Gasteiger partial charge in [0, 0.05) is 31.9 Å². The maximum Gasteiger partial charge on any atom is 0.0721 e. The van der Waals surface area contributed by atoms with Crippen LogP contribution in [0.4, 0.5) is 5.69 Å². The molecule has 1 N–H and O–H groups in total. The Morgan fingerprint density at radius 2 is 2.11 bits per heavy atom. The summed E-state index contributed by atoms with van der Waals surface area (Å²) in [5, 5.41) is 3.43. The molecule has 0 spiro atoms. The molecular weight excluding hydrogens is 236 g/mol. The van der Waals surface area contributed by atoms with Crippen molar-refractivity contribution < 1.29 is 4.74 Å². The molecule has 0 aliphatic carbocycles. The predicted molar refractivity (Wildman–Crippen MR) is 80.7 cm³/mol. The average Bonchev–Trinajstić information content (AvgIpc) is 2.65. The van der Waals surface area contributed by atoms with E-state index in [4.69, 9.17) is 4.74 Å². The molecule has 0 aromatic heterocycles. The number of benzene rings is 1. The number of anilines is 1. The van der Waals surface area contributed by atoms with Gasteiger partial charge in [-0.15, -0.1) is 0 Å². The average molecular weight is 262 g/mol. The lowest BCUT2D eigenvalue weighted by Crippen LogP contribution is -2.30. The first-order valence-corrected chi connectivity index (χ1v) is 7.46. The zero-order valence-corrected chi connectivity index (χ0v) is 12.2. The van der Waals surface area contributed by atoms with Crippen molar-refractivity contribution in [1.82, 2.24) is 5.32 Å². The van der Waals surface area contributed by atoms with Crippen LogP contribution in [-0.4, -0.2) is 32.3 Å². The normalized spacial score (nSPS) is 20.3. The summed E-state index contributed by atoms with van der Waals surface area (Å²) >= 11 is 0. The highest BCUT2D eigenvalue weighted by Crippen LogP contribution is 2.18. The van der Waals surface area contributed by atoms with Crippen LogP contribution in [0, 0.1) is 0 Å². The van der Waals surface area contributed by atoms with Gasteiger partial charge in [0.25, 0.3) is 0 Å². The van der Waals surface area contributed by atoms with Crippen molar-refractivity contribution in [3.63, 3.8) is 0 Å². The van der Waals surface area contributed by atoms with Crippen LogP contribution in [0.5, 0.6) is 0 Å². The van der Waals surface area contributed by atoms with Crippen molar-refractivity contribution in [3.8, 4) is 0 Å². The maximum absolute atomic E-state index is 5.69. The smallest absolute Gasteiger partial charge is 0.0721 e. The second-order valence-corrected chi connectivity index (χ2v) is 5.32. The van der Waals surface area contributed by atoms with E-state index in [0.29, 0.717) is 6.10 Å². The van der Waals surface area contributed by atoms with Crippen molar-refractivity contribution in [1.29, 1.82) is 0 Å². The molecule has 1 saturated heterocycles. The molecule has 0 amide bonds. The second kappa shape index (κ2) is 7.51. The molecule has 1 aliphatic rings. The van der Waals surface area contributed by atoms with Crippen LogP contribution in [0.1, 0.15) is 32.3 Å². The van der Waals surface area contributed by atoms with Crippen LogP contribution >= 0.6 is 0 Å². The van der Waals surface area contributed by atoms with Crippen LogP contribution in [-0.2, 0) is 11.3 Å². The van der Waals surface area contributed by atoms with Crippen LogP contribution in [0.2, 0.25) is 0 Å². The summed E-state index contributed by atoms with van der Waals surface area (Å²) in [4.78, 5) is 2.43. The van der Waals surface area contributed by atoms with Gasteiger partial charge < -0.3 is 15.0 Å². The Balaban J connectivity index is 1.93. The summed E-state index contributed by atoms with van der Waals surface area (Å²) < 4.78 is 5.69. The highest BCUT2D eigenvalue weighted by atomic mass is 16.5. The predicted octanol–water partition coefficient (Wildman–Crippen LogP) is 2.80. The molecule has 1 aromatic rings. The van der Waals surface area contributed by atoms with Crippen molar-refractivity contribution in [2.45, 2.75) is 39.3 Å². The summed E-state index contributed by atoms with van der Waals surface area (Å²) in [7, 11) is 0. The fourth-order valence-electron chi connectivity index (χ4n) is 2.46. The molecule has 3 heteroatoms. The van der Waals surface area contributed by atoms with E-state index in [9.17, 15) is 0 Å². The first kappa shape index (κ1) is 14.4. The second-order valence-electron chi connectivity index (χ2n) is 5.32. The SMILES string of the molecule is CCCNCc1ccc(N2CCCOC(C)C2)cc1. The number of hydrogen-bond donors (Lipinski definition) is 1. The zero-order valence-electron chi connectivity index (χ0n) is 12.2. The Labute approximate surface area is 116 Å². The Morgan fingerprint density at radius 3 is 2.84 bits per heavy atom. The van der Waals surface area contributed by atoms with E-state index in [2.05, 4.69) is 48.3 Å². The van der Waals surface area contributed by atoms with E-state index in [1.807, 2.05) is 0 Å². The van der Waals surface area contributed by atoms with Crippen molar-refractivity contribution in [3.05, 3.63) is 29.8 Å². The van der Waals surface area contributed by atoms with Crippen molar-refractivity contribution in [2.75, 3.05) is 31.1 Å². The van der Waals surface area contributed by atoms with Crippen LogP contribution in [0.15, 0.2) is 24.3 Å². The van der Waals surface area contributed by atoms with Gasteiger partial charge in [-0.25, -0.2) is 0 Å². The van der Waals surface area contributed by atoms with Gasteiger partial charge in [-0.05, 0) is 44.0 Å². The first-order chi connectivity index (χ1) is 9.29. The molecule has 1 unspecified atom stereocenters. The fraction of sp³-hybridized carbons (Fsp3) is 0.625. The minimum Gasteiger partial charge on any atom is -0.377 e. The van der Waals surface area contributed by atoms with E-state index in [1.165, 1.54) is 17.7 Å². The topological polar surface area (TPSA) is 24.5 Å².